The van der Waals surface area contributed by atoms with Crippen LogP contribution >= 0.6 is 11.6 Å². The molecule has 0 aliphatic carbocycles. The largest absolute Gasteiger partial charge is 0.491 e. The number of hydrogen-bond donors (Lipinski definition) is 1. The monoisotopic (exact) mass is 436 g/mol. The van der Waals surface area contributed by atoms with Crippen LogP contribution in [0.2, 0.25) is 5.02 Å². The lowest BCUT2D eigenvalue weighted by atomic mass is 10.2. The van der Waals surface area contributed by atoms with Gasteiger partial charge in [0.05, 0.1) is 10.9 Å². The quantitative estimate of drug-likeness (QED) is 0.721. The average molecular weight is 437 g/mol. The Morgan fingerprint density at radius 3 is 2.62 bits per heavy atom. The van der Waals surface area contributed by atoms with Crippen LogP contribution in [0.1, 0.15) is 25.3 Å². The molecule has 1 aliphatic rings. The summed E-state index contributed by atoms with van der Waals surface area (Å²) in [6.45, 7) is 4.41. The van der Waals surface area contributed by atoms with Crippen molar-refractivity contribution in [3.63, 3.8) is 0 Å². The lowest BCUT2D eigenvalue weighted by Crippen LogP contribution is -2.49. The predicted octanol–water partition coefficient (Wildman–Crippen LogP) is 3.39. The van der Waals surface area contributed by atoms with Crippen molar-refractivity contribution in [2.75, 3.05) is 13.2 Å². The fourth-order valence-corrected chi connectivity index (χ4v) is 5.13. The zero-order valence-electron chi connectivity index (χ0n) is 16.5. The Bertz CT molecular complexity index is 963. The van der Waals surface area contributed by atoms with E-state index in [4.69, 9.17) is 16.3 Å². The van der Waals surface area contributed by atoms with Crippen LogP contribution in [-0.4, -0.2) is 43.9 Å². The molecule has 0 radical (unpaired) electrons. The van der Waals surface area contributed by atoms with Gasteiger partial charge in [-0.05, 0) is 62.6 Å². The highest BCUT2D eigenvalue weighted by Crippen LogP contribution is 2.27. The SMILES string of the molecule is Cc1ccccc1OCC(C)NC(=O)C1CCCN1S(=O)(=O)c1ccc(Cl)cc1. The highest BCUT2D eigenvalue weighted by Gasteiger charge is 2.39. The second-order valence-corrected chi connectivity index (χ2v) is 9.54. The molecule has 1 amide bonds. The maximum Gasteiger partial charge on any atom is 0.243 e. The number of carbonyl (C=O) groups is 1. The number of para-hydroxylation sites is 1. The van der Waals surface area contributed by atoms with Gasteiger partial charge in [-0.2, -0.15) is 4.31 Å². The molecule has 156 valence electrons. The maximum atomic E-state index is 13.0. The first-order chi connectivity index (χ1) is 13.8. The minimum Gasteiger partial charge on any atom is -0.491 e. The molecule has 1 aliphatic heterocycles. The summed E-state index contributed by atoms with van der Waals surface area (Å²) in [6.07, 6.45) is 1.13. The third kappa shape index (κ3) is 5.10. The van der Waals surface area contributed by atoms with E-state index in [9.17, 15) is 13.2 Å². The van der Waals surface area contributed by atoms with Crippen LogP contribution in [0.15, 0.2) is 53.4 Å². The van der Waals surface area contributed by atoms with Crippen LogP contribution in [0.5, 0.6) is 5.75 Å². The lowest BCUT2D eigenvalue weighted by molar-refractivity contribution is -0.125. The van der Waals surface area contributed by atoms with E-state index in [2.05, 4.69) is 5.32 Å². The zero-order chi connectivity index (χ0) is 21.0. The Kier molecular flexibility index (Phi) is 6.82. The first-order valence-corrected chi connectivity index (χ1v) is 11.4. The Balaban J connectivity index is 1.63. The molecule has 2 aromatic carbocycles. The molecule has 0 aromatic heterocycles. The first kappa shape index (κ1) is 21.6. The number of nitrogens with one attached hydrogen (secondary N) is 1. The number of carbonyl (C=O) groups excluding carboxylic acids is 1. The van der Waals surface area contributed by atoms with Gasteiger partial charge in [0, 0.05) is 11.6 Å². The molecular weight excluding hydrogens is 412 g/mol. The molecule has 1 heterocycles. The van der Waals surface area contributed by atoms with Gasteiger partial charge in [0.25, 0.3) is 0 Å². The van der Waals surface area contributed by atoms with Crippen LogP contribution in [0.25, 0.3) is 0 Å². The normalized spacial score (nSPS) is 18.4. The highest BCUT2D eigenvalue weighted by atomic mass is 35.5. The zero-order valence-corrected chi connectivity index (χ0v) is 18.0. The van der Waals surface area contributed by atoms with Crippen molar-refractivity contribution >= 4 is 27.5 Å². The smallest absolute Gasteiger partial charge is 0.243 e. The summed E-state index contributed by atoms with van der Waals surface area (Å²) in [5.41, 5.74) is 1.02. The number of halogens is 1. The van der Waals surface area contributed by atoms with Crippen molar-refractivity contribution in [1.82, 2.24) is 9.62 Å². The molecule has 1 fully saturated rings. The fourth-order valence-electron chi connectivity index (χ4n) is 3.35. The Morgan fingerprint density at radius 2 is 1.93 bits per heavy atom. The number of rotatable bonds is 7. The van der Waals surface area contributed by atoms with Crippen LogP contribution in [-0.2, 0) is 14.8 Å². The molecule has 1 saturated heterocycles. The number of aryl methyl sites for hydroxylation is 1. The molecule has 2 aromatic rings. The Morgan fingerprint density at radius 1 is 1.24 bits per heavy atom. The number of hydrogen-bond acceptors (Lipinski definition) is 4. The van der Waals surface area contributed by atoms with Crippen LogP contribution < -0.4 is 10.1 Å². The van der Waals surface area contributed by atoms with Crippen molar-refractivity contribution in [3.8, 4) is 5.75 Å². The molecule has 0 saturated carbocycles. The van der Waals surface area contributed by atoms with Crippen molar-refractivity contribution in [2.45, 2.75) is 43.7 Å². The van der Waals surface area contributed by atoms with E-state index in [1.54, 1.807) is 0 Å². The summed E-state index contributed by atoms with van der Waals surface area (Å²) in [5.74, 6) is 0.460. The number of ether oxygens (including phenoxy) is 1. The highest BCUT2D eigenvalue weighted by molar-refractivity contribution is 7.89. The lowest BCUT2D eigenvalue weighted by Gasteiger charge is -2.25. The van der Waals surface area contributed by atoms with Gasteiger partial charge in [-0.3, -0.25) is 4.79 Å². The number of sulfonamides is 1. The van der Waals surface area contributed by atoms with E-state index in [1.807, 2.05) is 38.1 Å². The van der Waals surface area contributed by atoms with Gasteiger partial charge in [0.1, 0.15) is 18.4 Å². The van der Waals surface area contributed by atoms with E-state index in [1.165, 1.54) is 28.6 Å². The fraction of sp³-hybridized carbons (Fsp3) is 0.381. The summed E-state index contributed by atoms with van der Waals surface area (Å²) < 4.78 is 33.0. The van der Waals surface area contributed by atoms with Gasteiger partial charge >= 0.3 is 0 Å². The molecule has 0 bridgehead atoms. The molecule has 2 unspecified atom stereocenters. The summed E-state index contributed by atoms with van der Waals surface area (Å²) in [4.78, 5) is 12.9. The molecule has 8 heteroatoms. The van der Waals surface area contributed by atoms with E-state index in [-0.39, 0.29) is 16.8 Å². The minimum absolute atomic E-state index is 0.137. The molecule has 1 N–H and O–H groups in total. The van der Waals surface area contributed by atoms with Crippen molar-refractivity contribution < 1.29 is 17.9 Å². The van der Waals surface area contributed by atoms with Gasteiger partial charge in [0.2, 0.25) is 15.9 Å². The van der Waals surface area contributed by atoms with E-state index in [0.717, 1.165) is 11.3 Å². The third-order valence-corrected chi connectivity index (χ3v) is 7.07. The van der Waals surface area contributed by atoms with Gasteiger partial charge in [-0.15, -0.1) is 0 Å². The second kappa shape index (κ2) is 9.15. The van der Waals surface area contributed by atoms with Crippen molar-refractivity contribution in [2.24, 2.45) is 0 Å². The van der Waals surface area contributed by atoms with E-state index < -0.39 is 16.1 Å². The van der Waals surface area contributed by atoms with E-state index >= 15 is 0 Å². The van der Waals surface area contributed by atoms with Gasteiger partial charge in [-0.25, -0.2) is 8.42 Å². The summed E-state index contributed by atoms with van der Waals surface area (Å²) in [7, 11) is -3.76. The van der Waals surface area contributed by atoms with Crippen LogP contribution in [0, 0.1) is 6.92 Å². The Hall–Kier alpha value is -2.09. The summed E-state index contributed by atoms with van der Waals surface area (Å²) in [6, 6.07) is 12.7. The molecule has 6 nitrogen and oxygen atoms in total. The molecule has 0 spiro atoms. The standard InChI is InChI=1S/C21H25ClN2O4S/c1-15-6-3-4-8-20(15)28-14-16(2)23-21(25)19-7-5-13-24(19)29(26,27)18-11-9-17(22)10-12-18/h3-4,6,8-12,16,19H,5,7,13-14H2,1-2H3,(H,23,25). The Labute approximate surface area is 176 Å². The minimum atomic E-state index is -3.76. The molecule has 29 heavy (non-hydrogen) atoms. The summed E-state index contributed by atoms with van der Waals surface area (Å²) >= 11 is 5.86. The molecular formula is C21H25ClN2O4S. The first-order valence-electron chi connectivity index (χ1n) is 9.55. The maximum absolute atomic E-state index is 13.0. The number of nitrogens with zero attached hydrogens (tertiary/aromatic N) is 1. The topological polar surface area (TPSA) is 75.7 Å². The van der Waals surface area contributed by atoms with Crippen molar-refractivity contribution in [3.05, 3.63) is 59.1 Å². The molecule has 3 rings (SSSR count). The van der Waals surface area contributed by atoms with Gasteiger partial charge in [0.15, 0.2) is 0 Å². The molecule has 2 atom stereocenters. The predicted molar refractivity (Wildman–Crippen MR) is 113 cm³/mol. The van der Waals surface area contributed by atoms with E-state index in [0.29, 0.717) is 31.0 Å². The van der Waals surface area contributed by atoms with Gasteiger partial charge in [-0.1, -0.05) is 29.8 Å². The number of benzene rings is 2. The average Bonchev–Trinajstić information content (AvgIpc) is 3.19. The third-order valence-electron chi connectivity index (χ3n) is 4.90. The summed E-state index contributed by atoms with van der Waals surface area (Å²) in [5, 5.41) is 3.34. The van der Waals surface area contributed by atoms with Crippen LogP contribution in [0.3, 0.4) is 0 Å². The van der Waals surface area contributed by atoms with Crippen LogP contribution in [0.4, 0.5) is 0 Å². The van der Waals surface area contributed by atoms with Gasteiger partial charge < -0.3 is 10.1 Å². The second-order valence-electron chi connectivity index (χ2n) is 7.21. The number of amides is 1. The van der Waals surface area contributed by atoms with Crippen molar-refractivity contribution in [1.29, 1.82) is 0 Å².